The van der Waals surface area contributed by atoms with Gasteiger partial charge in [-0.1, -0.05) is 12.1 Å². The number of nitrogens with zero attached hydrogens (tertiary/aromatic N) is 5. The van der Waals surface area contributed by atoms with Gasteiger partial charge in [0.2, 0.25) is 5.52 Å². The minimum Gasteiger partial charge on any atom is -0.368 e. The molecule has 8 nitrogen and oxygen atoms in total. The number of aromatic nitrogens is 2. The summed E-state index contributed by atoms with van der Waals surface area (Å²) in [5.41, 5.74) is 3.84. The van der Waals surface area contributed by atoms with Crippen molar-refractivity contribution in [1.29, 1.82) is 0 Å². The highest BCUT2D eigenvalue weighted by molar-refractivity contribution is 5.93. The molecule has 4 rings (SSSR count). The zero-order chi connectivity index (χ0) is 17.4. The van der Waals surface area contributed by atoms with E-state index in [1.54, 1.807) is 6.07 Å². The number of hydrogen-bond acceptors (Lipinski definition) is 7. The zero-order valence-corrected chi connectivity index (χ0v) is 13.8. The number of nitro groups is 1. The van der Waals surface area contributed by atoms with Crippen molar-refractivity contribution in [3.8, 4) is 0 Å². The van der Waals surface area contributed by atoms with Gasteiger partial charge in [0.15, 0.2) is 5.52 Å². The zero-order valence-electron chi connectivity index (χ0n) is 13.8. The van der Waals surface area contributed by atoms with Crippen LogP contribution in [0.4, 0.5) is 17.1 Å². The van der Waals surface area contributed by atoms with E-state index in [1.165, 1.54) is 17.3 Å². The molecule has 0 atom stereocenters. The van der Waals surface area contributed by atoms with Gasteiger partial charge in [0.25, 0.3) is 0 Å². The third-order valence-corrected chi connectivity index (χ3v) is 4.56. The number of piperazine rings is 1. The molecule has 1 aromatic heterocycles. The summed E-state index contributed by atoms with van der Waals surface area (Å²) in [5.74, 6) is 0. The molecule has 8 heteroatoms. The van der Waals surface area contributed by atoms with Gasteiger partial charge >= 0.3 is 5.69 Å². The predicted octanol–water partition coefficient (Wildman–Crippen LogP) is 2.77. The Morgan fingerprint density at radius 3 is 2.48 bits per heavy atom. The fraction of sp³-hybridized carbons (Fsp3) is 0.294. The Kier molecular flexibility index (Phi) is 3.72. The molecule has 128 valence electrons. The molecule has 25 heavy (non-hydrogen) atoms. The van der Waals surface area contributed by atoms with Crippen LogP contribution >= 0.6 is 0 Å². The summed E-state index contributed by atoms with van der Waals surface area (Å²) in [4.78, 5) is 15.1. The minimum atomic E-state index is -0.466. The Morgan fingerprint density at radius 1 is 1.04 bits per heavy atom. The van der Waals surface area contributed by atoms with Crippen molar-refractivity contribution in [2.75, 3.05) is 36.0 Å². The van der Waals surface area contributed by atoms with E-state index in [0.29, 0.717) is 5.52 Å². The summed E-state index contributed by atoms with van der Waals surface area (Å²) in [6, 6.07) is 11.7. The molecule has 3 aromatic rings. The monoisotopic (exact) mass is 339 g/mol. The molecule has 2 aromatic carbocycles. The average molecular weight is 339 g/mol. The lowest BCUT2D eigenvalue weighted by molar-refractivity contribution is -0.383. The average Bonchev–Trinajstić information content (AvgIpc) is 3.10. The van der Waals surface area contributed by atoms with Crippen molar-refractivity contribution in [3.05, 3.63) is 52.1 Å². The van der Waals surface area contributed by atoms with Gasteiger partial charge in [-0.2, -0.15) is 0 Å². The van der Waals surface area contributed by atoms with Crippen molar-refractivity contribution in [3.63, 3.8) is 0 Å². The van der Waals surface area contributed by atoms with Crippen molar-refractivity contribution in [2.45, 2.75) is 6.92 Å². The van der Waals surface area contributed by atoms with E-state index < -0.39 is 4.92 Å². The second kappa shape index (κ2) is 6.04. The third kappa shape index (κ3) is 2.75. The van der Waals surface area contributed by atoms with E-state index in [1.807, 2.05) is 0 Å². The molecule has 0 bridgehead atoms. The van der Waals surface area contributed by atoms with Gasteiger partial charge in [0.05, 0.1) is 10.6 Å². The van der Waals surface area contributed by atoms with E-state index in [4.69, 9.17) is 4.63 Å². The lowest BCUT2D eigenvalue weighted by atomic mass is 10.1. The molecule has 0 saturated carbocycles. The van der Waals surface area contributed by atoms with Crippen LogP contribution in [0.15, 0.2) is 41.0 Å². The second-order valence-corrected chi connectivity index (χ2v) is 6.14. The largest absolute Gasteiger partial charge is 0.368 e. The van der Waals surface area contributed by atoms with Gasteiger partial charge in [-0.05, 0) is 41.0 Å². The SMILES string of the molecule is Cc1cccc(N2CCN(c3ccc([N+](=O)[O-])c4nonc34)CC2)c1. The van der Waals surface area contributed by atoms with Gasteiger partial charge in [0, 0.05) is 37.9 Å². The summed E-state index contributed by atoms with van der Waals surface area (Å²) in [5, 5.41) is 18.7. The lowest BCUT2D eigenvalue weighted by Gasteiger charge is -2.37. The van der Waals surface area contributed by atoms with Gasteiger partial charge in [-0.25, -0.2) is 4.63 Å². The quantitative estimate of drug-likeness (QED) is 0.535. The molecule has 0 N–H and O–H groups in total. The Bertz CT molecular complexity index is 931. The smallest absolute Gasteiger partial charge is 0.300 e. The maximum absolute atomic E-state index is 11.1. The van der Waals surface area contributed by atoms with Gasteiger partial charge in [0.1, 0.15) is 0 Å². The highest BCUT2D eigenvalue weighted by atomic mass is 16.6. The van der Waals surface area contributed by atoms with E-state index in [0.717, 1.165) is 31.9 Å². The molecule has 0 amide bonds. The Hall–Kier alpha value is -3.16. The molecule has 0 radical (unpaired) electrons. The number of rotatable bonds is 3. The molecule has 0 spiro atoms. The van der Waals surface area contributed by atoms with Gasteiger partial charge < -0.3 is 9.80 Å². The number of benzene rings is 2. The second-order valence-electron chi connectivity index (χ2n) is 6.14. The summed E-state index contributed by atoms with van der Waals surface area (Å²) in [7, 11) is 0. The van der Waals surface area contributed by atoms with Crippen LogP contribution in [0.1, 0.15) is 5.56 Å². The molecular weight excluding hydrogens is 322 g/mol. The fourth-order valence-corrected chi connectivity index (χ4v) is 3.27. The molecule has 1 aliphatic heterocycles. The van der Waals surface area contributed by atoms with Crippen LogP contribution in [0.5, 0.6) is 0 Å². The highest BCUT2D eigenvalue weighted by Crippen LogP contribution is 2.32. The maximum atomic E-state index is 11.1. The number of aryl methyl sites for hydroxylation is 1. The van der Waals surface area contributed by atoms with Crippen LogP contribution in [-0.4, -0.2) is 41.4 Å². The maximum Gasteiger partial charge on any atom is 0.300 e. The highest BCUT2D eigenvalue weighted by Gasteiger charge is 2.25. The van der Waals surface area contributed by atoms with Gasteiger partial charge in [-0.15, -0.1) is 0 Å². The van der Waals surface area contributed by atoms with Crippen LogP contribution in [0.25, 0.3) is 11.0 Å². The molecule has 1 aliphatic rings. The molecular formula is C17H17N5O3. The molecule has 1 saturated heterocycles. The Morgan fingerprint density at radius 2 is 1.76 bits per heavy atom. The normalized spacial score (nSPS) is 14.9. The number of anilines is 2. The summed E-state index contributed by atoms with van der Waals surface area (Å²) in [6.07, 6.45) is 0. The first-order chi connectivity index (χ1) is 12.1. The molecule has 1 fully saturated rings. The minimum absolute atomic E-state index is 0.0848. The first kappa shape index (κ1) is 15.4. The number of nitro benzene ring substituents is 1. The first-order valence-electron chi connectivity index (χ1n) is 8.10. The fourth-order valence-electron chi connectivity index (χ4n) is 3.27. The number of hydrogen-bond donors (Lipinski definition) is 0. The van der Waals surface area contributed by atoms with Crippen LogP contribution < -0.4 is 9.80 Å². The topological polar surface area (TPSA) is 88.5 Å². The van der Waals surface area contributed by atoms with Crippen molar-refractivity contribution >= 4 is 28.1 Å². The molecule has 2 heterocycles. The summed E-state index contributed by atoms with van der Waals surface area (Å²) in [6.45, 7) is 5.42. The van der Waals surface area contributed by atoms with E-state index in [2.05, 4.69) is 51.3 Å². The summed E-state index contributed by atoms with van der Waals surface area (Å²) < 4.78 is 4.75. The number of non-ortho nitro benzene ring substituents is 1. The van der Waals surface area contributed by atoms with E-state index >= 15 is 0 Å². The Labute approximate surface area is 143 Å². The Balaban J connectivity index is 1.57. The molecule has 0 aliphatic carbocycles. The standard InChI is InChI=1S/C17H17N5O3/c1-12-3-2-4-13(11-12)20-7-9-21(10-8-20)14-5-6-15(22(23)24)17-16(14)18-25-19-17/h2-6,11H,7-10H2,1H3. The third-order valence-electron chi connectivity index (χ3n) is 4.56. The van der Waals surface area contributed by atoms with E-state index in [-0.39, 0.29) is 11.2 Å². The van der Waals surface area contributed by atoms with Crippen LogP contribution in [0, 0.1) is 17.0 Å². The molecule has 0 unspecified atom stereocenters. The first-order valence-corrected chi connectivity index (χ1v) is 8.10. The van der Waals surface area contributed by atoms with Crippen molar-refractivity contribution < 1.29 is 9.55 Å². The van der Waals surface area contributed by atoms with Gasteiger partial charge in [-0.3, -0.25) is 10.1 Å². The summed E-state index contributed by atoms with van der Waals surface area (Å²) >= 11 is 0. The van der Waals surface area contributed by atoms with E-state index in [9.17, 15) is 10.1 Å². The predicted molar refractivity (Wildman–Crippen MR) is 94.1 cm³/mol. The number of fused-ring (bicyclic) bond motifs is 1. The van der Waals surface area contributed by atoms with Crippen molar-refractivity contribution in [1.82, 2.24) is 10.3 Å². The van der Waals surface area contributed by atoms with Crippen molar-refractivity contribution in [2.24, 2.45) is 0 Å². The van der Waals surface area contributed by atoms with Crippen LogP contribution in [0.2, 0.25) is 0 Å². The van der Waals surface area contributed by atoms with Crippen LogP contribution in [-0.2, 0) is 0 Å². The van der Waals surface area contributed by atoms with Crippen LogP contribution in [0.3, 0.4) is 0 Å². The lowest BCUT2D eigenvalue weighted by Crippen LogP contribution is -2.46.